The van der Waals surface area contributed by atoms with Crippen LogP contribution in [0.3, 0.4) is 0 Å². The zero-order valence-electron chi connectivity index (χ0n) is 41.5. The number of carbonyl (C=O) groups is 4. The molecule has 0 bridgehead atoms. The maximum atomic E-state index is 13.0. The van der Waals surface area contributed by atoms with Crippen molar-refractivity contribution in [2.45, 2.75) is 143 Å². The number of benzene rings is 1. The maximum Gasteiger partial charge on any atom is 0.481 e. The summed E-state index contributed by atoms with van der Waals surface area (Å²) in [4.78, 5) is 101. The molecule has 3 aromatic rings. The molecule has 1 saturated heterocycles. The number of ether oxygens (including phenoxy) is 1. The van der Waals surface area contributed by atoms with E-state index in [1.54, 1.807) is 6.92 Å². The fraction of sp³-hybridized carbons (Fsp3) is 0.659. The number of fused-ring (bicyclic) bond motifs is 1. The fourth-order valence-electron chi connectivity index (χ4n) is 7.57. The minimum Gasteiger partial charge on any atom is -0.386 e. The summed E-state index contributed by atoms with van der Waals surface area (Å²) in [6, 6.07) is 8.59. The van der Waals surface area contributed by atoms with Crippen molar-refractivity contribution in [2.24, 2.45) is 16.2 Å². The van der Waals surface area contributed by atoms with Gasteiger partial charge < -0.3 is 50.9 Å². The first-order valence-corrected chi connectivity index (χ1v) is 27.9. The summed E-state index contributed by atoms with van der Waals surface area (Å²) in [5.74, 6) is -1.30. The van der Waals surface area contributed by atoms with Crippen molar-refractivity contribution in [3.8, 4) is 0 Å². The van der Waals surface area contributed by atoms with Gasteiger partial charge in [0.05, 0.1) is 19.5 Å². The first kappa shape index (κ1) is 60.7. The molecular formula is C44H70N7O18P3. The number of nitrogens with zero attached hydrogens (tertiary/aromatic N) is 4. The topological polar surface area (TPSA) is 381 Å². The van der Waals surface area contributed by atoms with Gasteiger partial charge in [0.25, 0.3) is 0 Å². The summed E-state index contributed by atoms with van der Waals surface area (Å²) in [6.07, 6.45) is 0.284. The molecule has 0 aliphatic carbocycles. The van der Waals surface area contributed by atoms with Gasteiger partial charge in [-0.3, -0.25) is 37.3 Å². The number of aryl methyl sites for hydroxylation is 2. The highest BCUT2D eigenvalue weighted by Crippen LogP contribution is 2.61. The zero-order valence-corrected chi connectivity index (χ0v) is 44.2. The summed E-state index contributed by atoms with van der Waals surface area (Å²) in [7, 11) is -16.5. The number of carbonyl (C=O) groups excluding carboxylic acids is 4. The Morgan fingerprint density at radius 3 is 1.97 bits per heavy atom. The van der Waals surface area contributed by atoms with Crippen LogP contribution in [-0.4, -0.2) is 123 Å². The van der Waals surface area contributed by atoms with Crippen LogP contribution in [-0.2, 0) is 68.3 Å². The molecule has 3 heterocycles. The minimum absolute atomic E-state index is 0.00635. The predicted molar refractivity (Wildman–Crippen MR) is 259 cm³/mol. The van der Waals surface area contributed by atoms with Gasteiger partial charge in [0, 0.05) is 42.2 Å². The lowest BCUT2D eigenvalue weighted by Crippen LogP contribution is -2.46. The van der Waals surface area contributed by atoms with E-state index in [1.165, 1.54) is 25.0 Å². The molecule has 1 aromatic carbocycles. The van der Waals surface area contributed by atoms with Gasteiger partial charge in [0.1, 0.15) is 47.8 Å². The average Bonchev–Trinajstić information content (AvgIpc) is 3.85. The van der Waals surface area contributed by atoms with Gasteiger partial charge in [-0.2, -0.15) is 4.31 Å². The molecule has 1 fully saturated rings. The number of aliphatic hydroxyl groups excluding tert-OH is 2. The van der Waals surface area contributed by atoms with E-state index >= 15 is 0 Å². The highest BCUT2D eigenvalue weighted by molar-refractivity contribution is 7.61. The van der Waals surface area contributed by atoms with Gasteiger partial charge in [-0.1, -0.05) is 78.6 Å². The molecule has 2 aromatic heterocycles. The van der Waals surface area contributed by atoms with Gasteiger partial charge >= 0.3 is 23.5 Å². The van der Waals surface area contributed by atoms with Crippen LogP contribution in [0, 0.1) is 16.2 Å². The van der Waals surface area contributed by atoms with Crippen LogP contribution in [0.15, 0.2) is 36.9 Å². The number of hydrogen-bond acceptors (Lipinski definition) is 18. The summed E-state index contributed by atoms with van der Waals surface area (Å²) < 4.78 is 62.6. The normalized spacial score (nSPS) is 19.9. The molecule has 7 unspecified atom stereocenters. The largest absolute Gasteiger partial charge is 0.481 e. The van der Waals surface area contributed by atoms with E-state index in [-0.39, 0.29) is 59.9 Å². The SMILES string of the molecule is CC(=O)C(C)(C)CCCCc1ccc(CCCCC(C)(C)C(=O)CCNC(=O)CCNC(=O)C(O)C(C)(C)COP(=O)(O)OP(=O)(O)OCC2OC(n3cnc4c(N)ncnc43)C(O)C2OP(=O)(O)O)cc1. The van der Waals surface area contributed by atoms with Crippen molar-refractivity contribution in [3.63, 3.8) is 0 Å². The number of amides is 2. The second kappa shape index (κ2) is 25.6. The van der Waals surface area contributed by atoms with E-state index in [2.05, 4.69) is 58.7 Å². The molecule has 2 amide bonds. The lowest BCUT2D eigenvalue weighted by atomic mass is 9.81. The van der Waals surface area contributed by atoms with Crippen molar-refractivity contribution in [1.82, 2.24) is 30.2 Å². The molecule has 10 N–H and O–H groups in total. The van der Waals surface area contributed by atoms with E-state index in [4.69, 9.17) is 19.5 Å². The summed E-state index contributed by atoms with van der Waals surface area (Å²) in [6.45, 7) is 9.72. The van der Waals surface area contributed by atoms with Crippen LogP contribution < -0.4 is 16.4 Å². The number of aromatic nitrogens is 4. The third-order valence-corrected chi connectivity index (χ3v) is 15.6. The quantitative estimate of drug-likeness (QED) is 0.0323. The van der Waals surface area contributed by atoms with E-state index in [0.29, 0.717) is 6.42 Å². The highest BCUT2D eigenvalue weighted by atomic mass is 31.3. The Labute approximate surface area is 417 Å². The van der Waals surface area contributed by atoms with Crippen LogP contribution >= 0.6 is 23.5 Å². The third kappa shape index (κ3) is 18.5. The van der Waals surface area contributed by atoms with Gasteiger partial charge in [-0.25, -0.2) is 28.6 Å². The molecule has 404 valence electrons. The minimum atomic E-state index is -5.60. The van der Waals surface area contributed by atoms with Gasteiger partial charge in [0.2, 0.25) is 11.8 Å². The number of hydrogen-bond donors (Lipinski definition) is 9. The van der Waals surface area contributed by atoms with E-state index in [9.17, 15) is 62.7 Å². The van der Waals surface area contributed by atoms with Crippen molar-refractivity contribution in [2.75, 3.05) is 32.0 Å². The maximum absolute atomic E-state index is 13.0. The van der Waals surface area contributed by atoms with Crippen molar-refractivity contribution in [3.05, 3.63) is 48.0 Å². The first-order valence-electron chi connectivity index (χ1n) is 23.3. The highest BCUT2D eigenvalue weighted by Gasteiger charge is 2.50. The van der Waals surface area contributed by atoms with Crippen LogP contribution in [0.5, 0.6) is 0 Å². The summed E-state index contributed by atoms with van der Waals surface area (Å²) in [5.41, 5.74) is 5.87. The number of phosphoric ester groups is 3. The number of imidazole rings is 1. The van der Waals surface area contributed by atoms with Crippen LogP contribution in [0.2, 0.25) is 0 Å². The van der Waals surface area contributed by atoms with Crippen LogP contribution in [0.4, 0.5) is 5.82 Å². The number of Topliss-reactive ketones (excluding diaryl/α,β-unsaturated/α-hetero) is 2. The predicted octanol–water partition coefficient (Wildman–Crippen LogP) is 4.13. The summed E-state index contributed by atoms with van der Waals surface area (Å²) >= 11 is 0. The number of nitrogens with one attached hydrogen (secondary N) is 2. The molecule has 7 atom stereocenters. The Morgan fingerprint density at radius 2 is 1.39 bits per heavy atom. The Morgan fingerprint density at radius 1 is 0.819 bits per heavy atom. The lowest BCUT2D eigenvalue weighted by Gasteiger charge is -2.30. The molecule has 0 spiro atoms. The second-order valence-corrected chi connectivity index (χ2v) is 24.0. The number of nitrogens with two attached hydrogens (primary N) is 1. The monoisotopic (exact) mass is 1080 g/mol. The van der Waals surface area contributed by atoms with Crippen molar-refractivity contribution >= 4 is 63.8 Å². The molecule has 28 heteroatoms. The molecule has 1 aliphatic heterocycles. The molecule has 72 heavy (non-hydrogen) atoms. The molecule has 0 saturated carbocycles. The third-order valence-electron chi connectivity index (χ3n) is 12.5. The molecule has 1 aliphatic rings. The number of rotatable bonds is 31. The van der Waals surface area contributed by atoms with Gasteiger partial charge in [-0.05, 0) is 56.6 Å². The molecule has 0 radical (unpaired) electrons. The van der Waals surface area contributed by atoms with Crippen LogP contribution in [0.1, 0.15) is 117 Å². The second-order valence-electron chi connectivity index (χ2n) is 19.8. The molecular weight excluding hydrogens is 1010 g/mol. The Balaban J connectivity index is 1.13. The van der Waals surface area contributed by atoms with E-state index in [0.717, 1.165) is 62.2 Å². The molecule has 4 rings (SSSR count). The van der Waals surface area contributed by atoms with E-state index < -0.39 is 90.0 Å². The Kier molecular flexibility index (Phi) is 21.5. The Hall–Kier alpha value is -3.90. The Bertz CT molecular complexity index is 2480. The number of nitrogen functional groups attached to an aromatic ring is 1. The van der Waals surface area contributed by atoms with Crippen LogP contribution in [0.25, 0.3) is 11.2 Å². The summed E-state index contributed by atoms with van der Waals surface area (Å²) in [5, 5.41) is 26.7. The van der Waals surface area contributed by atoms with Gasteiger partial charge in [-0.15, -0.1) is 0 Å². The van der Waals surface area contributed by atoms with Crippen molar-refractivity contribution in [1.29, 1.82) is 0 Å². The number of aliphatic hydroxyl groups is 2. The first-order chi connectivity index (χ1) is 33.3. The standard InChI is InChI=1S/C44H70N7O18P3/c1-28(52)42(2,3)20-10-8-12-29-14-16-30(17-15-29)13-9-11-21-43(4,5)32(53)18-22-46-33(54)19-23-47-40(57)37(56)44(6,7)25-66-72(63,64)69-71(61,62)65-24-31-36(68-70(58,59)60)35(55)41(67-31)51-27-50-34-38(45)48-26-49-39(34)51/h14-17,26-27,31,35-37,41,55-56H,8-13,18-25H2,1-7H3,(H,46,54)(H,47,57)(H,61,62)(H,63,64)(H2,45,48,49)(H2,58,59,60). The lowest BCUT2D eigenvalue weighted by molar-refractivity contribution is -0.137. The average molecular weight is 1080 g/mol. The zero-order chi connectivity index (χ0) is 53.9. The number of ketones is 2. The van der Waals surface area contributed by atoms with E-state index in [1.807, 2.05) is 27.7 Å². The number of unbranched alkanes of at least 4 members (excludes halogenated alkanes) is 2. The molecule has 25 nitrogen and oxygen atoms in total. The fourth-order valence-corrected chi connectivity index (χ4v) is 10.4. The number of phosphoric acid groups is 3. The van der Waals surface area contributed by atoms with Crippen molar-refractivity contribution < 1.29 is 85.3 Å². The van der Waals surface area contributed by atoms with Gasteiger partial charge in [0.15, 0.2) is 17.7 Å². The number of anilines is 1. The smallest absolute Gasteiger partial charge is 0.386 e.